The van der Waals surface area contributed by atoms with Crippen LogP contribution in [0.3, 0.4) is 0 Å². The van der Waals surface area contributed by atoms with Crippen LogP contribution in [0.25, 0.3) is 10.9 Å². The lowest BCUT2D eigenvalue weighted by molar-refractivity contribution is 0.560. The molecule has 0 spiro atoms. The Morgan fingerprint density at radius 1 is 1.39 bits per heavy atom. The fourth-order valence-electron chi connectivity index (χ4n) is 2.57. The molecule has 0 amide bonds. The van der Waals surface area contributed by atoms with Crippen LogP contribution in [0.1, 0.15) is 17.9 Å². The Kier molecular flexibility index (Phi) is 2.96. The summed E-state index contributed by atoms with van der Waals surface area (Å²) in [5.41, 5.74) is 1.31. The summed E-state index contributed by atoms with van der Waals surface area (Å²) in [7, 11) is 0. The van der Waals surface area contributed by atoms with Gasteiger partial charge in [-0.2, -0.15) is 0 Å². The van der Waals surface area contributed by atoms with Gasteiger partial charge in [0.1, 0.15) is 17.2 Å². The first-order chi connectivity index (χ1) is 8.74. The maximum absolute atomic E-state index is 13.8. The van der Waals surface area contributed by atoms with Crippen LogP contribution in [0.4, 0.5) is 4.39 Å². The van der Waals surface area contributed by atoms with E-state index in [4.69, 9.17) is 0 Å². The summed E-state index contributed by atoms with van der Waals surface area (Å²) >= 11 is 0. The molecule has 2 aromatic rings. The van der Waals surface area contributed by atoms with Crippen molar-refractivity contribution in [3.05, 3.63) is 35.5 Å². The van der Waals surface area contributed by atoms with E-state index in [0.717, 1.165) is 42.8 Å². The van der Waals surface area contributed by atoms with Crippen LogP contribution in [0.5, 0.6) is 0 Å². The minimum Gasteiger partial charge on any atom is -0.316 e. The van der Waals surface area contributed by atoms with E-state index in [1.54, 1.807) is 6.07 Å². The van der Waals surface area contributed by atoms with Gasteiger partial charge in [-0.15, -0.1) is 0 Å². The smallest absolute Gasteiger partial charge is 0.149 e. The second kappa shape index (κ2) is 4.61. The first-order valence-electron chi connectivity index (χ1n) is 6.36. The van der Waals surface area contributed by atoms with E-state index < -0.39 is 0 Å². The highest BCUT2D eigenvalue weighted by Crippen LogP contribution is 2.20. The minimum atomic E-state index is -0.260. The predicted molar refractivity (Wildman–Crippen MR) is 68.9 cm³/mol. The van der Waals surface area contributed by atoms with Gasteiger partial charge < -0.3 is 5.32 Å². The molecule has 1 aliphatic heterocycles. The number of para-hydroxylation sites is 1. The second-order valence-corrected chi connectivity index (χ2v) is 4.92. The van der Waals surface area contributed by atoms with Gasteiger partial charge in [-0.05, 0) is 38.4 Å². The van der Waals surface area contributed by atoms with Crippen molar-refractivity contribution in [1.29, 1.82) is 0 Å². The standard InChI is InChI=1S/C14H16FN3/c1-9-11-3-2-4-12(15)14(11)18-13(17-9)7-10-5-6-16-8-10/h2-4,10,16H,5-8H2,1H3. The molecule has 1 aliphatic rings. The Hall–Kier alpha value is -1.55. The average Bonchev–Trinajstić information content (AvgIpc) is 2.83. The zero-order chi connectivity index (χ0) is 12.5. The van der Waals surface area contributed by atoms with Crippen LogP contribution < -0.4 is 5.32 Å². The van der Waals surface area contributed by atoms with Gasteiger partial charge >= 0.3 is 0 Å². The Labute approximate surface area is 105 Å². The minimum absolute atomic E-state index is 0.260. The summed E-state index contributed by atoms with van der Waals surface area (Å²) in [6.07, 6.45) is 1.98. The average molecular weight is 245 g/mol. The van der Waals surface area contributed by atoms with Crippen LogP contribution in [0.2, 0.25) is 0 Å². The zero-order valence-electron chi connectivity index (χ0n) is 10.4. The molecule has 1 aromatic heterocycles. The lowest BCUT2D eigenvalue weighted by atomic mass is 10.0. The molecule has 0 aliphatic carbocycles. The number of rotatable bonds is 2. The molecule has 94 valence electrons. The first-order valence-corrected chi connectivity index (χ1v) is 6.36. The third-order valence-electron chi connectivity index (χ3n) is 3.55. The Bertz CT molecular complexity index is 577. The molecule has 0 saturated carbocycles. The van der Waals surface area contributed by atoms with Gasteiger partial charge in [-0.25, -0.2) is 14.4 Å². The summed E-state index contributed by atoms with van der Waals surface area (Å²) in [6, 6.07) is 5.03. The molecule has 1 saturated heterocycles. The van der Waals surface area contributed by atoms with Crippen LogP contribution in [-0.4, -0.2) is 23.1 Å². The monoisotopic (exact) mass is 245 g/mol. The largest absolute Gasteiger partial charge is 0.316 e. The summed E-state index contributed by atoms with van der Waals surface area (Å²) in [4.78, 5) is 8.89. The number of fused-ring (bicyclic) bond motifs is 1. The maximum atomic E-state index is 13.8. The topological polar surface area (TPSA) is 37.8 Å². The summed E-state index contributed by atoms with van der Waals surface area (Å²) in [5.74, 6) is 1.08. The fourth-order valence-corrected chi connectivity index (χ4v) is 2.57. The van der Waals surface area contributed by atoms with Crippen molar-refractivity contribution in [3.63, 3.8) is 0 Å². The van der Waals surface area contributed by atoms with Gasteiger partial charge in [0, 0.05) is 17.5 Å². The molecule has 0 radical (unpaired) electrons. The Morgan fingerprint density at radius 2 is 2.28 bits per heavy atom. The highest BCUT2D eigenvalue weighted by atomic mass is 19.1. The number of aromatic nitrogens is 2. The number of benzene rings is 1. The lowest BCUT2D eigenvalue weighted by Gasteiger charge is -2.09. The van der Waals surface area contributed by atoms with Crippen LogP contribution in [-0.2, 0) is 6.42 Å². The molecular formula is C14H16FN3. The predicted octanol–water partition coefficient (Wildman–Crippen LogP) is 2.23. The second-order valence-electron chi connectivity index (χ2n) is 4.92. The summed E-state index contributed by atoms with van der Waals surface area (Å²) < 4.78 is 13.8. The van der Waals surface area contributed by atoms with E-state index in [-0.39, 0.29) is 5.82 Å². The van der Waals surface area contributed by atoms with Gasteiger partial charge in [0.15, 0.2) is 0 Å². The van der Waals surface area contributed by atoms with Crippen molar-refractivity contribution in [3.8, 4) is 0 Å². The zero-order valence-corrected chi connectivity index (χ0v) is 10.4. The van der Waals surface area contributed by atoms with E-state index in [9.17, 15) is 4.39 Å². The van der Waals surface area contributed by atoms with Crippen LogP contribution >= 0.6 is 0 Å². The number of hydrogen-bond donors (Lipinski definition) is 1. The Balaban J connectivity index is 2.00. The molecule has 4 heteroatoms. The Morgan fingerprint density at radius 3 is 3.06 bits per heavy atom. The van der Waals surface area contributed by atoms with Crippen molar-refractivity contribution in [1.82, 2.24) is 15.3 Å². The van der Waals surface area contributed by atoms with E-state index >= 15 is 0 Å². The van der Waals surface area contributed by atoms with E-state index in [1.165, 1.54) is 6.07 Å². The molecule has 3 rings (SSSR count). The highest BCUT2D eigenvalue weighted by molar-refractivity contribution is 5.81. The molecule has 18 heavy (non-hydrogen) atoms. The van der Waals surface area contributed by atoms with E-state index in [0.29, 0.717) is 11.4 Å². The van der Waals surface area contributed by atoms with Gasteiger partial charge in [0.05, 0.1) is 0 Å². The molecular weight excluding hydrogens is 229 g/mol. The maximum Gasteiger partial charge on any atom is 0.149 e. The third-order valence-corrected chi connectivity index (χ3v) is 3.55. The molecule has 1 unspecified atom stereocenters. The van der Waals surface area contributed by atoms with Crippen molar-refractivity contribution in [2.75, 3.05) is 13.1 Å². The molecule has 0 bridgehead atoms. The van der Waals surface area contributed by atoms with E-state index in [1.807, 2.05) is 13.0 Å². The summed E-state index contributed by atoms with van der Waals surface area (Å²) in [6.45, 7) is 3.99. The summed E-state index contributed by atoms with van der Waals surface area (Å²) in [5, 5.41) is 4.13. The molecule has 1 aromatic carbocycles. The molecule has 1 atom stereocenters. The number of nitrogens with one attached hydrogen (secondary N) is 1. The molecule has 2 heterocycles. The number of halogens is 1. The highest BCUT2D eigenvalue weighted by Gasteiger charge is 2.17. The van der Waals surface area contributed by atoms with Gasteiger partial charge in [-0.3, -0.25) is 0 Å². The third kappa shape index (κ3) is 2.08. The van der Waals surface area contributed by atoms with Crippen LogP contribution in [0, 0.1) is 18.7 Å². The van der Waals surface area contributed by atoms with E-state index in [2.05, 4.69) is 15.3 Å². The molecule has 3 nitrogen and oxygen atoms in total. The number of nitrogens with zero attached hydrogens (tertiary/aromatic N) is 2. The van der Waals surface area contributed by atoms with Gasteiger partial charge in [0.25, 0.3) is 0 Å². The van der Waals surface area contributed by atoms with Crippen molar-refractivity contribution in [2.45, 2.75) is 19.8 Å². The normalized spacial score (nSPS) is 19.6. The lowest BCUT2D eigenvalue weighted by Crippen LogP contribution is -2.12. The quantitative estimate of drug-likeness (QED) is 0.881. The van der Waals surface area contributed by atoms with Crippen molar-refractivity contribution < 1.29 is 4.39 Å². The van der Waals surface area contributed by atoms with Gasteiger partial charge in [-0.1, -0.05) is 12.1 Å². The number of aryl methyl sites for hydroxylation is 1. The fraction of sp³-hybridized carbons (Fsp3) is 0.429. The van der Waals surface area contributed by atoms with Crippen molar-refractivity contribution >= 4 is 10.9 Å². The molecule has 1 N–H and O–H groups in total. The molecule has 1 fully saturated rings. The van der Waals surface area contributed by atoms with Crippen LogP contribution in [0.15, 0.2) is 18.2 Å². The first kappa shape index (κ1) is 11.5. The van der Waals surface area contributed by atoms with Crippen molar-refractivity contribution in [2.24, 2.45) is 5.92 Å². The van der Waals surface area contributed by atoms with Gasteiger partial charge in [0.2, 0.25) is 0 Å². The number of hydrogen-bond acceptors (Lipinski definition) is 3. The SMILES string of the molecule is Cc1nc(CC2CCNC2)nc2c(F)cccc12.